The van der Waals surface area contributed by atoms with Crippen LogP contribution in [-0.4, -0.2) is 27.5 Å². The zero-order valence-electron chi connectivity index (χ0n) is 13.1. The standard InChI is InChI=1S/C16H17FN2O4S/c1-11(16(20)18-13-5-3-4-12(17)10-13)19-24(21,22)15-8-6-14(23-2)7-9-15/h3-11,19H,1-2H3,(H,18,20)/t11-/m0/s1. The Balaban J connectivity index is 2.06. The number of methoxy groups -OCH3 is 1. The fourth-order valence-corrected chi connectivity index (χ4v) is 3.13. The Morgan fingerprint density at radius 3 is 2.42 bits per heavy atom. The van der Waals surface area contributed by atoms with E-state index in [0.717, 1.165) is 6.07 Å². The molecule has 0 aliphatic rings. The van der Waals surface area contributed by atoms with E-state index in [1.165, 1.54) is 56.5 Å². The van der Waals surface area contributed by atoms with Crippen LogP contribution in [-0.2, 0) is 14.8 Å². The highest BCUT2D eigenvalue weighted by atomic mass is 32.2. The number of amides is 1. The van der Waals surface area contributed by atoms with Gasteiger partial charge >= 0.3 is 0 Å². The minimum atomic E-state index is -3.87. The zero-order valence-corrected chi connectivity index (χ0v) is 13.9. The van der Waals surface area contributed by atoms with E-state index in [4.69, 9.17) is 4.74 Å². The molecule has 0 aromatic heterocycles. The van der Waals surface area contributed by atoms with Gasteiger partial charge in [0.05, 0.1) is 18.0 Å². The van der Waals surface area contributed by atoms with E-state index in [1.807, 2.05) is 0 Å². The van der Waals surface area contributed by atoms with Crippen LogP contribution in [0.1, 0.15) is 6.92 Å². The molecule has 2 aromatic carbocycles. The van der Waals surface area contributed by atoms with E-state index in [0.29, 0.717) is 5.75 Å². The van der Waals surface area contributed by atoms with Crippen LogP contribution in [0.5, 0.6) is 5.75 Å². The van der Waals surface area contributed by atoms with E-state index in [-0.39, 0.29) is 10.6 Å². The number of halogens is 1. The van der Waals surface area contributed by atoms with Gasteiger partial charge in [-0.2, -0.15) is 4.72 Å². The average molecular weight is 352 g/mol. The van der Waals surface area contributed by atoms with E-state index in [9.17, 15) is 17.6 Å². The van der Waals surface area contributed by atoms with Crippen molar-refractivity contribution in [2.45, 2.75) is 17.9 Å². The number of rotatable bonds is 6. The molecule has 0 spiro atoms. The Bertz CT molecular complexity index is 822. The Labute approximate surface area is 139 Å². The molecule has 0 aliphatic heterocycles. The van der Waals surface area contributed by atoms with Gasteiger partial charge in [-0.05, 0) is 49.4 Å². The van der Waals surface area contributed by atoms with Crippen LogP contribution in [0.2, 0.25) is 0 Å². The lowest BCUT2D eigenvalue weighted by Crippen LogP contribution is -2.41. The van der Waals surface area contributed by atoms with Crippen LogP contribution < -0.4 is 14.8 Å². The molecule has 0 saturated carbocycles. The molecule has 2 aromatic rings. The van der Waals surface area contributed by atoms with Crippen LogP contribution in [0, 0.1) is 5.82 Å². The molecule has 0 fully saturated rings. The second kappa shape index (κ2) is 7.41. The minimum absolute atomic E-state index is 0.00806. The number of carbonyl (C=O) groups excluding carboxylic acids is 1. The van der Waals surface area contributed by atoms with E-state index in [1.54, 1.807) is 0 Å². The summed E-state index contributed by atoms with van der Waals surface area (Å²) in [7, 11) is -2.40. The molecule has 2 N–H and O–H groups in total. The van der Waals surface area contributed by atoms with Gasteiger partial charge in [0.15, 0.2) is 0 Å². The number of sulfonamides is 1. The molecule has 0 aliphatic carbocycles. The predicted octanol–water partition coefficient (Wildman–Crippen LogP) is 2.14. The van der Waals surface area contributed by atoms with Crippen LogP contribution in [0.4, 0.5) is 10.1 Å². The Morgan fingerprint density at radius 2 is 1.83 bits per heavy atom. The fraction of sp³-hybridized carbons (Fsp3) is 0.188. The summed E-state index contributed by atoms with van der Waals surface area (Å²) in [6.07, 6.45) is 0. The van der Waals surface area contributed by atoms with Gasteiger partial charge in [0.1, 0.15) is 11.6 Å². The molecule has 0 bridgehead atoms. The number of nitrogens with one attached hydrogen (secondary N) is 2. The topological polar surface area (TPSA) is 84.5 Å². The van der Waals surface area contributed by atoms with Crippen molar-refractivity contribution in [3.8, 4) is 5.75 Å². The molecular weight excluding hydrogens is 335 g/mol. The SMILES string of the molecule is COc1ccc(S(=O)(=O)N[C@@H](C)C(=O)Nc2cccc(F)c2)cc1. The number of benzene rings is 2. The normalized spacial score (nSPS) is 12.5. The number of anilines is 1. The van der Waals surface area contributed by atoms with Gasteiger partial charge in [-0.1, -0.05) is 6.07 Å². The van der Waals surface area contributed by atoms with Crippen molar-refractivity contribution in [2.75, 3.05) is 12.4 Å². The molecule has 8 heteroatoms. The summed E-state index contributed by atoms with van der Waals surface area (Å²) >= 11 is 0. The fourth-order valence-electron chi connectivity index (χ4n) is 1.93. The lowest BCUT2D eigenvalue weighted by atomic mass is 10.3. The molecule has 6 nitrogen and oxygen atoms in total. The number of ether oxygens (including phenoxy) is 1. The van der Waals surface area contributed by atoms with Gasteiger partial charge in [-0.3, -0.25) is 4.79 Å². The highest BCUT2D eigenvalue weighted by Crippen LogP contribution is 2.16. The molecule has 1 atom stereocenters. The lowest BCUT2D eigenvalue weighted by molar-refractivity contribution is -0.117. The van der Waals surface area contributed by atoms with E-state index < -0.39 is 27.8 Å². The molecule has 0 radical (unpaired) electrons. The highest BCUT2D eigenvalue weighted by Gasteiger charge is 2.22. The summed E-state index contributed by atoms with van der Waals surface area (Å²) in [5.74, 6) is -0.581. The van der Waals surface area contributed by atoms with Gasteiger partial charge in [0.2, 0.25) is 15.9 Å². The Morgan fingerprint density at radius 1 is 1.17 bits per heavy atom. The monoisotopic (exact) mass is 352 g/mol. The maximum atomic E-state index is 13.1. The molecule has 1 amide bonds. The first-order valence-corrected chi connectivity index (χ1v) is 8.53. The summed E-state index contributed by atoms with van der Waals surface area (Å²) in [6.45, 7) is 1.40. The maximum absolute atomic E-state index is 13.1. The largest absolute Gasteiger partial charge is 0.497 e. The van der Waals surface area contributed by atoms with Crippen molar-refractivity contribution in [1.82, 2.24) is 4.72 Å². The molecule has 24 heavy (non-hydrogen) atoms. The molecule has 128 valence electrons. The van der Waals surface area contributed by atoms with Crippen LogP contribution >= 0.6 is 0 Å². The van der Waals surface area contributed by atoms with E-state index in [2.05, 4.69) is 10.0 Å². The van der Waals surface area contributed by atoms with Gasteiger partial charge < -0.3 is 10.1 Å². The van der Waals surface area contributed by atoms with Gasteiger partial charge in [0.25, 0.3) is 0 Å². The Kier molecular flexibility index (Phi) is 5.53. The quantitative estimate of drug-likeness (QED) is 0.834. The Hall–Kier alpha value is -2.45. The first-order valence-electron chi connectivity index (χ1n) is 7.04. The number of hydrogen-bond donors (Lipinski definition) is 2. The number of carbonyl (C=O) groups is 1. The highest BCUT2D eigenvalue weighted by molar-refractivity contribution is 7.89. The summed E-state index contributed by atoms with van der Waals surface area (Å²) in [5, 5.41) is 2.45. The van der Waals surface area contributed by atoms with Crippen LogP contribution in [0.15, 0.2) is 53.4 Å². The second-order valence-corrected chi connectivity index (χ2v) is 6.73. The van der Waals surface area contributed by atoms with Crippen LogP contribution in [0.25, 0.3) is 0 Å². The average Bonchev–Trinajstić information content (AvgIpc) is 2.54. The van der Waals surface area contributed by atoms with Gasteiger partial charge in [-0.15, -0.1) is 0 Å². The second-order valence-electron chi connectivity index (χ2n) is 5.02. The molecule has 0 unspecified atom stereocenters. The van der Waals surface area contributed by atoms with Crippen molar-refractivity contribution in [3.63, 3.8) is 0 Å². The van der Waals surface area contributed by atoms with Gasteiger partial charge in [-0.25, -0.2) is 12.8 Å². The van der Waals surface area contributed by atoms with Crippen molar-refractivity contribution in [3.05, 3.63) is 54.3 Å². The third kappa shape index (κ3) is 4.53. The third-order valence-corrected chi connectivity index (χ3v) is 4.74. The molecule has 0 heterocycles. The molecule has 2 rings (SSSR count). The number of hydrogen-bond acceptors (Lipinski definition) is 4. The maximum Gasteiger partial charge on any atom is 0.242 e. The van der Waals surface area contributed by atoms with Crippen molar-refractivity contribution < 1.29 is 22.3 Å². The summed E-state index contributed by atoms with van der Waals surface area (Å²) in [5.41, 5.74) is 0.246. The van der Waals surface area contributed by atoms with E-state index >= 15 is 0 Å². The lowest BCUT2D eigenvalue weighted by Gasteiger charge is -2.14. The van der Waals surface area contributed by atoms with Crippen molar-refractivity contribution in [1.29, 1.82) is 0 Å². The minimum Gasteiger partial charge on any atom is -0.497 e. The smallest absolute Gasteiger partial charge is 0.242 e. The van der Waals surface area contributed by atoms with Gasteiger partial charge in [0, 0.05) is 5.69 Å². The first-order chi connectivity index (χ1) is 11.3. The molecule has 0 saturated heterocycles. The van der Waals surface area contributed by atoms with Crippen molar-refractivity contribution >= 4 is 21.6 Å². The summed E-state index contributed by atoms with van der Waals surface area (Å²) < 4.78 is 44.9. The summed E-state index contributed by atoms with van der Waals surface area (Å²) in [6, 6.07) is 10.0. The van der Waals surface area contributed by atoms with Crippen molar-refractivity contribution in [2.24, 2.45) is 0 Å². The predicted molar refractivity (Wildman–Crippen MR) is 87.8 cm³/mol. The molecular formula is C16H17FN2O4S. The first kappa shape index (κ1) is 17.9. The van der Waals surface area contributed by atoms with Crippen LogP contribution in [0.3, 0.4) is 0 Å². The summed E-state index contributed by atoms with van der Waals surface area (Å²) in [4.78, 5) is 12.1. The zero-order chi connectivity index (χ0) is 17.7. The third-order valence-electron chi connectivity index (χ3n) is 3.19.